The Labute approximate surface area is 116 Å². The Kier molecular flexibility index (Phi) is 3.03. The van der Waals surface area contributed by atoms with Crippen molar-refractivity contribution in [1.29, 1.82) is 0 Å². The standard InChI is InChI=1S/C16H16FN3/c1-9-5-11(6-10(2)13(9)7-18)12-3-4-19-16-15(12)14(17)8-20-16/h3-6,8H,7,18H2,1-2H3,(H,19,20). The predicted molar refractivity (Wildman–Crippen MR) is 78.9 cm³/mol. The molecule has 4 heteroatoms. The normalized spacial score (nSPS) is 11.2. The van der Waals surface area contributed by atoms with Gasteiger partial charge in [0.2, 0.25) is 0 Å². The number of fused-ring (bicyclic) bond motifs is 1. The quantitative estimate of drug-likeness (QED) is 0.748. The van der Waals surface area contributed by atoms with Gasteiger partial charge in [-0.1, -0.05) is 12.1 Å². The van der Waals surface area contributed by atoms with E-state index in [2.05, 4.69) is 22.1 Å². The fourth-order valence-electron chi connectivity index (χ4n) is 2.73. The molecule has 3 aromatic rings. The molecule has 0 amide bonds. The van der Waals surface area contributed by atoms with E-state index < -0.39 is 0 Å². The highest BCUT2D eigenvalue weighted by Gasteiger charge is 2.12. The topological polar surface area (TPSA) is 54.7 Å². The second kappa shape index (κ2) is 4.72. The molecule has 2 aromatic heterocycles. The zero-order valence-corrected chi connectivity index (χ0v) is 11.5. The molecule has 2 heterocycles. The van der Waals surface area contributed by atoms with Crippen LogP contribution in [0.15, 0.2) is 30.6 Å². The molecule has 20 heavy (non-hydrogen) atoms. The number of nitrogens with two attached hydrogens (primary N) is 1. The molecule has 3 N–H and O–H groups in total. The first-order valence-corrected chi connectivity index (χ1v) is 6.54. The third-order valence-electron chi connectivity index (χ3n) is 3.74. The largest absolute Gasteiger partial charge is 0.343 e. The van der Waals surface area contributed by atoms with Gasteiger partial charge in [0.05, 0.1) is 5.39 Å². The summed E-state index contributed by atoms with van der Waals surface area (Å²) in [5.41, 5.74) is 11.6. The molecule has 0 radical (unpaired) electrons. The van der Waals surface area contributed by atoms with Gasteiger partial charge in [0.1, 0.15) is 5.65 Å². The number of hydrogen-bond donors (Lipinski definition) is 2. The number of nitrogens with zero attached hydrogens (tertiary/aromatic N) is 1. The number of pyridine rings is 1. The van der Waals surface area contributed by atoms with Gasteiger partial charge in [-0.05, 0) is 47.7 Å². The summed E-state index contributed by atoms with van der Waals surface area (Å²) >= 11 is 0. The van der Waals surface area contributed by atoms with Gasteiger partial charge < -0.3 is 10.7 Å². The van der Waals surface area contributed by atoms with E-state index in [0.717, 1.165) is 27.8 Å². The van der Waals surface area contributed by atoms with Crippen molar-refractivity contribution in [3.8, 4) is 11.1 Å². The number of aryl methyl sites for hydroxylation is 2. The fraction of sp³-hybridized carbons (Fsp3) is 0.188. The van der Waals surface area contributed by atoms with Crippen molar-refractivity contribution in [2.24, 2.45) is 5.73 Å². The summed E-state index contributed by atoms with van der Waals surface area (Å²) in [6.45, 7) is 4.58. The van der Waals surface area contributed by atoms with Crippen LogP contribution in [0, 0.1) is 19.7 Å². The molecule has 0 aliphatic heterocycles. The lowest BCUT2D eigenvalue weighted by Crippen LogP contribution is -2.02. The maximum absolute atomic E-state index is 13.9. The number of rotatable bonds is 2. The third-order valence-corrected chi connectivity index (χ3v) is 3.74. The van der Waals surface area contributed by atoms with Crippen molar-refractivity contribution in [3.63, 3.8) is 0 Å². The first-order chi connectivity index (χ1) is 9.61. The van der Waals surface area contributed by atoms with Crippen LogP contribution in [0.1, 0.15) is 16.7 Å². The van der Waals surface area contributed by atoms with E-state index >= 15 is 0 Å². The highest BCUT2D eigenvalue weighted by Crippen LogP contribution is 2.31. The smallest absolute Gasteiger partial charge is 0.150 e. The number of aromatic amines is 1. The second-order valence-corrected chi connectivity index (χ2v) is 5.01. The van der Waals surface area contributed by atoms with Crippen molar-refractivity contribution in [2.45, 2.75) is 20.4 Å². The maximum atomic E-state index is 13.9. The van der Waals surface area contributed by atoms with Gasteiger partial charge in [-0.25, -0.2) is 9.37 Å². The molecule has 0 atom stereocenters. The van der Waals surface area contributed by atoms with Gasteiger partial charge in [0, 0.05) is 18.9 Å². The summed E-state index contributed by atoms with van der Waals surface area (Å²) in [4.78, 5) is 6.99. The Morgan fingerprint density at radius 3 is 2.60 bits per heavy atom. The third kappa shape index (κ3) is 1.89. The number of benzene rings is 1. The van der Waals surface area contributed by atoms with Crippen molar-refractivity contribution in [3.05, 3.63) is 53.1 Å². The average Bonchev–Trinajstić information content (AvgIpc) is 2.80. The maximum Gasteiger partial charge on any atom is 0.150 e. The minimum atomic E-state index is -0.277. The molecule has 3 rings (SSSR count). The van der Waals surface area contributed by atoms with Crippen molar-refractivity contribution in [2.75, 3.05) is 0 Å². The second-order valence-electron chi connectivity index (χ2n) is 5.01. The van der Waals surface area contributed by atoms with Crippen LogP contribution in [0.4, 0.5) is 4.39 Å². The van der Waals surface area contributed by atoms with Gasteiger partial charge in [-0.15, -0.1) is 0 Å². The summed E-state index contributed by atoms with van der Waals surface area (Å²) < 4.78 is 13.9. The van der Waals surface area contributed by atoms with E-state index in [1.807, 2.05) is 19.9 Å². The Morgan fingerprint density at radius 2 is 1.95 bits per heavy atom. The van der Waals surface area contributed by atoms with E-state index in [4.69, 9.17) is 5.73 Å². The van der Waals surface area contributed by atoms with Gasteiger partial charge in [0.25, 0.3) is 0 Å². The van der Waals surface area contributed by atoms with Crippen molar-refractivity contribution < 1.29 is 4.39 Å². The summed E-state index contributed by atoms with van der Waals surface area (Å²) in [7, 11) is 0. The molecular weight excluding hydrogens is 253 g/mol. The number of hydrogen-bond acceptors (Lipinski definition) is 2. The van der Waals surface area contributed by atoms with E-state index in [9.17, 15) is 4.39 Å². The summed E-state index contributed by atoms with van der Waals surface area (Å²) in [5.74, 6) is -0.277. The van der Waals surface area contributed by atoms with Crippen LogP contribution in [0.5, 0.6) is 0 Å². The van der Waals surface area contributed by atoms with Crippen LogP contribution in [0.25, 0.3) is 22.2 Å². The van der Waals surface area contributed by atoms with Crippen LogP contribution < -0.4 is 5.73 Å². The molecule has 0 aliphatic rings. The molecule has 0 spiro atoms. The Balaban J connectivity index is 2.29. The van der Waals surface area contributed by atoms with Crippen LogP contribution in [-0.2, 0) is 6.54 Å². The lowest BCUT2D eigenvalue weighted by molar-refractivity contribution is 0.639. The van der Waals surface area contributed by atoms with Gasteiger partial charge in [0.15, 0.2) is 5.82 Å². The summed E-state index contributed by atoms with van der Waals surface area (Å²) in [5, 5.41) is 0.534. The Bertz CT molecular complexity index is 767. The average molecular weight is 269 g/mol. The summed E-state index contributed by atoms with van der Waals surface area (Å²) in [6, 6.07) is 5.95. The van der Waals surface area contributed by atoms with Crippen LogP contribution in [-0.4, -0.2) is 9.97 Å². The van der Waals surface area contributed by atoms with E-state index in [-0.39, 0.29) is 5.82 Å². The monoisotopic (exact) mass is 269 g/mol. The van der Waals surface area contributed by atoms with Gasteiger partial charge in [-0.2, -0.15) is 0 Å². The van der Waals surface area contributed by atoms with Crippen molar-refractivity contribution in [1.82, 2.24) is 9.97 Å². The first kappa shape index (κ1) is 12.8. The molecule has 102 valence electrons. The number of halogens is 1. The highest BCUT2D eigenvalue weighted by atomic mass is 19.1. The van der Waals surface area contributed by atoms with E-state index in [0.29, 0.717) is 17.6 Å². The van der Waals surface area contributed by atoms with Crippen LogP contribution >= 0.6 is 0 Å². The zero-order valence-electron chi connectivity index (χ0n) is 11.5. The SMILES string of the molecule is Cc1cc(-c2ccnc3[nH]cc(F)c23)cc(C)c1CN. The highest BCUT2D eigenvalue weighted by molar-refractivity contribution is 5.93. The van der Waals surface area contributed by atoms with Crippen LogP contribution in [0.3, 0.4) is 0 Å². The van der Waals surface area contributed by atoms with Crippen LogP contribution in [0.2, 0.25) is 0 Å². The molecule has 0 aliphatic carbocycles. The Hall–Kier alpha value is -2.20. The molecule has 3 nitrogen and oxygen atoms in total. The van der Waals surface area contributed by atoms with Gasteiger partial charge >= 0.3 is 0 Å². The fourth-order valence-corrected chi connectivity index (χ4v) is 2.73. The van der Waals surface area contributed by atoms with E-state index in [1.54, 1.807) is 6.20 Å². The first-order valence-electron chi connectivity index (χ1n) is 6.54. The van der Waals surface area contributed by atoms with Crippen molar-refractivity contribution >= 4 is 11.0 Å². The summed E-state index contributed by atoms with van der Waals surface area (Å²) in [6.07, 6.45) is 3.03. The molecule has 0 fully saturated rings. The number of aromatic nitrogens is 2. The van der Waals surface area contributed by atoms with Gasteiger partial charge in [-0.3, -0.25) is 0 Å². The minimum Gasteiger partial charge on any atom is -0.343 e. The lowest BCUT2D eigenvalue weighted by Gasteiger charge is -2.12. The molecular formula is C16H16FN3. The molecule has 0 unspecified atom stereocenters. The predicted octanol–water partition coefficient (Wildman–Crippen LogP) is 3.44. The number of nitrogens with one attached hydrogen (secondary N) is 1. The van der Waals surface area contributed by atoms with E-state index in [1.165, 1.54) is 6.20 Å². The zero-order chi connectivity index (χ0) is 14.3. The lowest BCUT2D eigenvalue weighted by atomic mass is 9.95. The molecule has 0 saturated carbocycles. The molecule has 0 bridgehead atoms. The number of H-pyrrole nitrogens is 1. The molecule has 1 aromatic carbocycles. The minimum absolute atomic E-state index is 0.277. The Morgan fingerprint density at radius 1 is 1.25 bits per heavy atom. The molecule has 0 saturated heterocycles.